The Hall–Kier alpha value is -2.86. The topological polar surface area (TPSA) is 53.1 Å². The molecule has 2 aliphatic rings. The van der Waals surface area contributed by atoms with Gasteiger partial charge in [-0.3, -0.25) is 9.59 Å². The van der Waals surface area contributed by atoms with Gasteiger partial charge in [0.25, 0.3) is 5.91 Å². The van der Waals surface area contributed by atoms with Crippen molar-refractivity contribution in [3.63, 3.8) is 0 Å². The summed E-state index contributed by atoms with van der Waals surface area (Å²) in [7, 11) is 1.81. The zero-order valence-corrected chi connectivity index (χ0v) is 16.8. The number of amides is 2. The fourth-order valence-corrected chi connectivity index (χ4v) is 3.93. The van der Waals surface area contributed by atoms with E-state index in [0.29, 0.717) is 18.5 Å². The van der Waals surface area contributed by atoms with Crippen LogP contribution in [0.3, 0.4) is 0 Å². The number of rotatable bonds is 5. The number of benzene rings is 2. The highest BCUT2D eigenvalue weighted by molar-refractivity contribution is 5.99. The van der Waals surface area contributed by atoms with E-state index in [1.54, 1.807) is 9.80 Å². The quantitative estimate of drug-likeness (QED) is 0.784. The minimum absolute atomic E-state index is 0.0456. The van der Waals surface area contributed by atoms with Crippen molar-refractivity contribution < 1.29 is 14.3 Å². The average Bonchev–Trinajstić information content (AvgIpc) is 3.20. The lowest BCUT2D eigenvalue weighted by molar-refractivity contribution is -0.117. The number of hydrogen-bond acceptors (Lipinski definition) is 4. The zero-order valence-electron chi connectivity index (χ0n) is 16.8. The molecule has 0 radical (unpaired) electrons. The van der Waals surface area contributed by atoms with Crippen molar-refractivity contribution in [1.82, 2.24) is 4.90 Å². The number of carbonyl (C=O) groups excluding carboxylic acids is 2. The molecule has 2 fully saturated rings. The average molecular weight is 393 g/mol. The van der Waals surface area contributed by atoms with Crippen molar-refractivity contribution in [2.24, 2.45) is 0 Å². The van der Waals surface area contributed by atoms with E-state index in [4.69, 9.17) is 4.74 Å². The number of morpholine rings is 1. The maximum atomic E-state index is 12.9. The van der Waals surface area contributed by atoms with Gasteiger partial charge in [0.2, 0.25) is 5.91 Å². The number of hydrogen-bond donors (Lipinski definition) is 0. The van der Waals surface area contributed by atoms with Crippen molar-refractivity contribution in [2.75, 3.05) is 49.7 Å². The minimum atomic E-state index is -0.0456. The molecule has 2 heterocycles. The van der Waals surface area contributed by atoms with Crippen LogP contribution in [0.25, 0.3) is 0 Å². The molecule has 6 nitrogen and oxygen atoms in total. The number of nitrogens with zero attached hydrogens (tertiary/aromatic N) is 3. The van der Waals surface area contributed by atoms with Gasteiger partial charge >= 0.3 is 0 Å². The summed E-state index contributed by atoms with van der Waals surface area (Å²) >= 11 is 0. The predicted molar refractivity (Wildman–Crippen MR) is 113 cm³/mol. The maximum Gasteiger partial charge on any atom is 0.253 e. The van der Waals surface area contributed by atoms with Crippen molar-refractivity contribution in [2.45, 2.75) is 19.4 Å². The Morgan fingerprint density at radius 2 is 1.79 bits per heavy atom. The largest absolute Gasteiger partial charge is 0.378 e. The standard InChI is InChI=1S/C23H27N3O3/c1-24(17-18-7-9-20(10-8-18)25-12-14-29-15-13-25)23(28)19-4-2-5-21(16-19)26-11-3-6-22(26)27/h2,4-5,7-10,16H,3,6,11-15,17H2,1H3. The Bertz CT molecular complexity index is 875. The first-order valence-corrected chi connectivity index (χ1v) is 10.2. The van der Waals surface area contributed by atoms with Gasteiger partial charge in [-0.05, 0) is 42.3 Å². The Balaban J connectivity index is 1.41. The highest BCUT2D eigenvalue weighted by Gasteiger charge is 2.23. The van der Waals surface area contributed by atoms with Crippen molar-refractivity contribution in [3.05, 3.63) is 59.7 Å². The molecule has 0 bridgehead atoms. The Morgan fingerprint density at radius 1 is 1.03 bits per heavy atom. The third-order valence-electron chi connectivity index (χ3n) is 5.56. The smallest absolute Gasteiger partial charge is 0.253 e. The molecule has 0 saturated carbocycles. The normalized spacial score (nSPS) is 16.9. The van der Waals surface area contributed by atoms with E-state index in [-0.39, 0.29) is 11.8 Å². The SMILES string of the molecule is CN(Cc1ccc(N2CCOCC2)cc1)C(=O)c1cccc(N2CCCC2=O)c1. The summed E-state index contributed by atoms with van der Waals surface area (Å²) in [4.78, 5) is 30.7. The lowest BCUT2D eigenvalue weighted by atomic mass is 10.1. The van der Waals surface area contributed by atoms with E-state index in [1.807, 2.05) is 31.3 Å². The molecule has 0 aliphatic carbocycles. The summed E-state index contributed by atoms with van der Waals surface area (Å²) in [6.45, 7) is 4.61. The predicted octanol–water partition coefficient (Wildman–Crippen LogP) is 2.92. The lowest BCUT2D eigenvalue weighted by Crippen LogP contribution is -2.36. The van der Waals surface area contributed by atoms with E-state index in [9.17, 15) is 9.59 Å². The van der Waals surface area contributed by atoms with Gasteiger partial charge in [-0.1, -0.05) is 18.2 Å². The van der Waals surface area contributed by atoms with E-state index in [0.717, 1.165) is 50.5 Å². The summed E-state index contributed by atoms with van der Waals surface area (Å²) in [6, 6.07) is 15.7. The maximum absolute atomic E-state index is 12.9. The van der Waals surface area contributed by atoms with Crippen LogP contribution in [0.4, 0.5) is 11.4 Å². The van der Waals surface area contributed by atoms with Crippen LogP contribution in [0, 0.1) is 0 Å². The molecule has 6 heteroatoms. The van der Waals surface area contributed by atoms with E-state index >= 15 is 0 Å². The molecule has 2 amide bonds. The van der Waals surface area contributed by atoms with Crippen LogP contribution >= 0.6 is 0 Å². The van der Waals surface area contributed by atoms with Gasteiger partial charge in [0.05, 0.1) is 13.2 Å². The van der Waals surface area contributed by atoms with E-state index in [2.05, 4.69) is 29.2 Å². The summed E-state index contributed by atoms with van der Waals surface area (Å²) in [5, 5.41) is 0. The molecule has 0 aromatic heterocycles. The monoisotopic (exact) mass is 393 g/mol. The molecule has 0 spiro atoms. The fraction of sp³-hybridized carbons (Fsp3) is 0.391. The summed E-state index contributed by atoms with van der Waals surface area (Å²) in [5.41, 5.74) is 3.69. The van der Waals surface area contributed by atoms with Crippen molar-refractivity contribution in [1.29, 1.82) is 0 Å². The molecular weight excluding hydrogens is 366 g/mol. The molecule has 0 atom stereocenters. The molecule has 2 saturated heterocycles. The van der Waals surface area contributed by atoms with Crippen LogP contribution in [0.1, 0.15) is 28.8 Å². The van der Waals surface area contributed by atoms with Gasteiger partial charge in [0.15, 0.2) is 0 Å². The number of ether oxygens (including phenoxy) is 1. The van der Waals surface area contributed by atoms with Gasteiger partial charge in [0, 0.05) is 56.6 Å². The summed E-state index contributed by atoms with van der Waals surface area (Å²) in [6.07, 6.45) is 1.45. The zero-order chi connectivity index (χ0) is 20.2. The Kier molecular flexibility index (Phi) is 5.81. The third-order valence-corrected chi connectivity index (χ3v) is 5.56. The molecule has 0 unspecified atom stereocenters. The van der Waals surface area contributed by atoms with Crippen molar-refractivity contribution in [3.8, 4) is 0 Å². The second-order valence-electron chi connectivity index (χ2n) is 7.63. The summed E-state index contributed by atoms with van der Waals surface area (Å²) in [5.74, 6) is 0.0825. The van der Waals surface area contributed by atoms with Crippen LogP contribution in [0.15, 0.2) is 48.5 Å². The van der Waals surface area contributed by atoms with Gasteiger partial charge in [-0.2, -0.15) is 0 Å². The highest BCUT2D eigenvalue weighted by Crippen LogP contribution is 2.23. The molecule has 4 rings (SSSR count). The third kappa shape index (κ3) is 4.43. The van der Waals surface area contributed by atoms with Gasteiger partial charge in [-0.25, -0.2) is 0 Å². The van der Waals surface area contributed by atoms with E-state index in [1.165, 1.54) is 5.69 Å². The Labute approximate surface area is 171 Å². The van der Waals surface area contributed by atoms with Crippen LogP contribution in [-0.4, -0.2) is 56.6 Å². The van der Waals surface area contributed by atoms with E-state index < -0.39 is 0 Å². The van der Waals surface area contributed by atoms with Crippen LogP contribution < -0.4 is 9.80 Å². The molecule has 2 aromatic carbocycles. The van der Waals surface area contributed by atoms with Crippen LogP contribution in [0.2, 0.25) is 0 Å². The minimum Gasteiger partial charge on any atom is -0.378 e. The van der Waals surface area contributed by atoms with Gasteiger partial charge in [-0.15, -0.1) is 0 Å². The molecule has 2 aromatic rings. The molecule has 152 valence electrons. The summed E-state index contributed by atoms with van der Waals surface area (Å²) < 4.78 is 5.41. The Morgan fingerprint density at radius 3 is 2.48 bits per heavy atom. The second-order valence-corrected chi connectivity index (χ2v) is 7.63. The number of anilines is 2. The first-order chi connectivity index (χ1) is 14.1. The number of carbonyl (C=O) groups is 2. The molecule has 0 N–H and O–H groups in total. The van der Waals surface area contributed by atoms with Crippen LogP contribution in [0.5, 0.6) is 0 Å². The second kappa shape index (κ2) is 8.66. The molecule has 2 aliphatic heterocycles. The van der Waals surface area contributed by atoms with Crippen molar-refractivity contribution >= 4 is 23.2 Å². The highest BCUT2D eigenvalue weighted by atomic mass is 16.5. The van der Waals surface area contributed by atoms with Crippen LogP contribution in [-0.2, 0) is 16.1 Å². The van der Waals surface area contributed by atoms with Gasteiger partial charge in [0.1, 0.15) is 0 Å². The fourth-order valence-electron chi connectivity index (χ4n) is 3.93. The van der Waals surface area contributed by atoms with Gasteiger partial charge < -0.3 is 19.4 Å². The molecule has 29 heavy (non-hydrogen) atoms. The lowest BCUT2D eigenvalue weighted by Gasteiger charge is -2.29. The molecular formula is C23H27N3O3. The first-order valence-electron chi connectivity index (χ1n) is 10.2. The first kappa shape index (κ1) is 19.5.